The van der Waals surface area contributed by atoms with Gasteiger partial charge in [0.05, 0.1) is 12.1 Å². The summed E-state index contributed by atoms with van der Waals surface area (Å²) in [6.07, 6.45) is 3.75. The summed E-state index contributed by atoms with van der Waals surface area (Å²) >= 11 is 0. The molecule has 92 valence electrons. The summed E-state index contributed by atoms with van der Waals surface area (Å²) in [6, 6.07) is 4.99. The molecule has 1 aliphatic rings. The Morgan fingerprint density at radius 3 is 2.65 bits per heavy atom. The number of aromatic hydroxyl groups is 1. The van der Waals surface area contributed by atoms with E-state index in [2.05, 4.69) is 0 Å². The first kappa shape index (κ1) is 11.8. The summed E-state index contributed by atoms with van der Waals surface area (Å²) < 4.78 is 0. The van der Waals surface area contributed by atoms with Gasteiger partial charge in [0, 0.05) is 13.1 Å². The number of carbonyl (C=O) groups is 1. The minimum absolute atomic E-state index is 0.0499. The van der Waals surface area contributed by atoms with Gasteiger partial charge in [-0.2, -0.15) is 0 Å². The maximum absolute atomic E-state index is 12.0. The van der Waals surface area contributed by atoms with Crippen LogP contribution >= 0.6 is 0 Å². The van der Waals surface area contributed by atoms with Crippen molar-refractivity contribution in [2.75, 3.05) is 18.8 Å². The van der Waals surface area contributed by atoms with E-state index in [1.54, 1.807) is 18.2 Å². The standard InChI is InChI=1S/C13H18N2O2/c14-11-5-4-10(8-12(11)16)9-13(17)15-6-2-1-3-7-15/h4-5,8,16H,1-3,6-7,9,14H2. The Morgan fingerprint density at radius 2 is 2.00 bits per heavy atom. The van der Waals surface area contributed by atoms with Gasteiger partial charge >= 0.3 is 0 Å². The highest BCUT2D eigenvalue weighted by atomic mass is 16.3. The van der Waals surface area contributed by atoms with Crippen molar-refractivity contribution in [2.45, 2.75) is 25.7 Å². The SMILES string of the molecule is Nc1ccc(CC(=O)N2CCCCC2)cc1O. The van der Waals surface area contributed by atoms with Crippen LogP contribution in [0.1, 0.15) is 24.8 Å². The average molecular weight is 234 g/mol. The van der Waals surface area contributed by atoms with Crippen LogP contribution in [0.3, 0.4) is 0 Å². The molecule has 1 fully saturated rings. The Bertz CT molecular complexity index is 412. The van der Waals surface area contributed by atoms with Crippen molar-refractivity contribution in [3.05, 3.63) is 23.8 Å². The molecule has 0 unspecified atom stereocenters. The number of hydrogen-bond donors (Lipinski definition) is 2. The monoisotopic (exact) mass is 234 g/mol. The average Bonchev–Trinajstić information content (AvgIpc) is 2.35. The molecule has 4 heteroatoms. The number of nitrogens with two attached hydrogens (primary N) is 1. The highest BCUT2D eigenvalue weighted by Crippen LogP contribution is 2.21. The number of carbonyl (C=O) groups excluding carboxylic acids is 1. The first-order valence-electron chi connectivity index (χ1n) is 6.02. The number of phenolic OH excluding ortho intramolecular Hbond substituents is 1. The number of nitrogens with zero attached hydrogens (tertiary/aromatic N) is 1. The van der Waals surface area contributed by atoms with Gasteiger partial charge in [-0.05, 0) is 37.0 Å². The van der Waals surface area contributed by atoms with E-state index in [9.17, 15) is 9.90 Å². The van der Waals surface area contributed by atoms with Crippen LogP contribution in [0.15, 0.2) is 18.2 Å². The fourth-order valence-electron chi connectivity index (χ4n) is 2.13. The van der Waals surface area contributed by atoms with Gasteiger partial charge in [0.25, 0.3) is 0 Å². The second-order valence-electron chi connectivity index (χ2n) is 4.51. The summed E-state index contributed by atoms with van der Waals surface area (Å²) in [5, 5.41) is 9.47. The third-order valence-electron chi connectivity index (χ3n) is 3.16. The number of likely N-dealkylation sites (tertiary alicyclic amines) is 1. The minimum atomic E-state index is 0.0499. The molecule has 1 aromatic rings. The summed E-state index contributed by atoms with van der Waals surface area (Å²) in [6.45, 7) is 1.72. The molecule has 17 heavy (non-hydrogen) atoms. The molecule has 0 bridgehead atoms. The van der Waals surface area contributed by atoms with Crippen molar-refractivity contribution in [3.63, 3.8) is 0 Å². The second-order valence-corrected chi connectivity index (χ2v) is 4.51. The van der Waals surface area contributed by atoms with Crippen molar-refractivity contribution < 1.29 is 9.90 Å². The molecule has 0 saturated carbocycles. The van der Waals surface area contributed by atoms with Crippen LogP contribution in [0.25, 0.3) is 0 Å². The third-order valence-corrected chi connectivity index (χ3v) is 3.16. The number of rotatable bonds is 2. The summed E-state index contributed by atoms with van der Waals surface area (Å²) in [5.41, 5.74) is 6.68. The van der Waals surface area contributed by atoms with Gasteiger partial charge < -0.3 is 15.7 Å². The molecular formula is C13H18N2O2. The van der Waals surface area contributed by atoms with Crippen LogP contribution < -0.4 is 5.73 Å². The predicted octanol–water partition coefficient (Wildman–Crippen LogP) is 1.53. The van der Waals surface area contributed by atoms with Crippen molar-refractivity contribution in [3.8, 4) is 5.75 Å². The van der Waals surface area contributed by atoms with Crippen molar-refractivity contribution in [1.29, 1.82) is 0 Å². The molecule has 0 radical (unpaired) electrons. The molecule has 1 aliphatic heterocycles. The Morgan fingerprint density at radius 1 is 1.29 bits per heavy atom. The number of piperidine rings is 1. The second kappa shape index (κ2) is 5.08. The van der Waals surface area contributed by atoms with E-state index < -0.39 is 0 Å². The van der Waals surface area contributed by atoms with Crippen LogP contribution in [0.5, 0.6) is 5.75 Å². The van der Waals surface area contributed by atoms with Crippen molar-refractivity contribution in [2.24, 2.45) is 0 Å². The summed E-state index contributed by atoms with van der Waals surface area (Å²) in [4.78, 5) is 13.9. The topological polar surface area (TPSA) is 66.6 Å². The number of benzene rings is 1. The molecular weight excluding hydrogens is 216 g/mol. The van der Waals surface area contributed by atoms with E-state index in [-0.39, 0.29) is 11.7 Å². The molecule has 1 amide bonds. The van der Waals surface area contributed by atoms with Gasteiger partial charge in [0.2, 0.25) is 5.91 Å². The number of anilines is 1. The van der Waals surface area contributed by atoms with E-state index in [0.29, 0.717) is 12.1 Å². The highest BCUT2D eigenvalue weighted by molar-refractivity contribution is 5.79. The van der Waals surface area contributed by atoms with Gasteiger partial charge in [-0.1, -0.05) is 6.07 Å². The lowest BCUT2D eigenvalue weighted by Gasteiger charge is -2.26. The Balaban J connectivity index is 1.99. The number of amides is 1. The third kappa shape index (κ3) is 2.90. The van der Waals surface area contributed by atoms with Crippen LogP contribution in [-0.4, -0.2) is 29.0 Å². The Kier molecular flexibility index (Phi) is 3.52. The zero-order valence-electron chi connectivity index (χ0n) is 9.85. The van der Waals surface area contributed by atoms with Gasteiger partial charge in [0.15, 0.2) is 0 Å². The summed E-state index contributed by atoms with van der Waals surface area (Å²) in [7, 11) is 0. The van der Waals surface area contributed by atoms with E-state index in [1.165, 1.54) is 6.42 Å². The Hall–Kier alpha value is -1.71. The molecule has 0 atom stereocenters. The fourth-order valence-corrected chi connectivity index (χ4v) is 2.13. The quantitative estimate of drug-likeness (QED) is 0.602. The number of hydrogen-bond acceptors (Lipinski definition) is 3. The van der Waals surface area contributed by atoms with Crippen LogP contribution in [-0.2, 0) is 11.2 Å². The normalized spacial score (nSPS) is 15.9. The summed E-state index contributed by atoms with van der Waals surface area (Å²) in [5.74, 6) is 0.183. The first-order valence-corrected chi connectivity index (χ1v) is 6.02. The van der Waals surface area contributed by atoms with Crippen LogP contribution in [0.2, 0.25) is 0 Å². The smallest absolute Gasteiger partial charge is 0.226 e. The van der Waals surface area contributed by atoms with Gasteiger partial charge in [-0.25, -0.2) is 0 Å². The van der Waals surface area contributed by atoms with E-state index >= 15 is 0 Å². The van der Waals surface area contributed by atoms with E-state index in [4.69, 9.17) is 5.73 Å². The lowest BCUT2D eigenvalue weighted by atomic mass is 10.1. The zero-order valence-corrected chi connectivity index (χ0v) is 9.85. The van der Waals surface area contributed by atoms with Gasteiger partial charge in [-0.15, -0.1) is 0 Å². The molecule has 0 aliphatic carbocycles. The number of phenols is 1. The first-order chi connectivity index (χ1) is 8.16. The van der Waals surface area contributed by atoms with Crippen molar-refractivity contribution >= 4 is 11.6 Å². The van der Waals surface area contributed by atoms with E-state index in [0.717, 1.165) is 31.5 Å². The molecule has 4 nitrogen and oxygen atoms in total. The predicted molar refractivity (Wildman–Crippen MR) is 66.7 cm³/mol. The van der Waals surface area contributed by atoms with Gasteiger partial charge in [-0.3, -0.25) is 4.79 Å². The molecule has 1 aromatic carbocycles. The van der Waals surface area contributed by atoms with Crippen LogP contribution in [0, 0.1) is 0 Å². The number of nitrogen functional groups attached to an aromatic ring is 1. The lowest BCUT2D eigenvalue weighted by molar-refractivity contribution is -0.131. The minimum Gasteiger partial charge on any atom is -0.506 e. The molecule has 2 rings (SSSR count). The largest absolute Gasteiger partial charge is 0.506 e. The highest BCUT2D eigenvalue weighted by Gasteiger charge is 2.16. The van der Waals surface area contributed by atoms with E-state index in [1.807, 2.05) is 4.90 Å². The zero-order chi connectivity index (χ0) is 12.3. The van der Waals surface area contributed by atoms with Crippen molar-refractivity contribution in [1.82, 2.24) is 4.90 Å². The molecule has 1 heterocycles. The molecule has 1 saturated heterocycles. The maximum Gasteiger partial charge on any atom is 0.226 e. The molecule has 0 spiro atoms. The lowest BCUT2D eigenvalue weighted by Crippen LogP contribution is -2.36. The molecule has 0 aromatic heterocycles. The maximum atomic E-state index is 12.0. The Labute approximate surface area is 101 Å². The van der Waals surface area contributed by atoms with Crippen LogP contribution in [0.4, 0.5) is 5.69 Å². The fraction of sp³-hybridized carbons (Fsp3) is 0.462. The van der Waals surface area contributed by atoms with Gasteiger partial charge in [0.1, 0.15) is 5.75 Å². The molecule has 3 N–H and O–H groups in total.